The lowest BCUT2D eigenvalue weighted by atomic mass is 10.3. The number of hydrogen-bond donors (Lipinski definition) is 2. The number of anilines is 1. The molecule has 2 aromatic rings. The van der Waals surface area contributed by atoms with Crippen molar-refractivity contribution < 1.29 is 4.74 Å². The summed E-state index contributed by atoms with van der Waals surface area (Å²) in [4.78, 5) is 29.7. The minimum Gasteiger partial charge on any atom is -0.397 e. The van der Waals surface area contributed by atoms with Crippen LogP contribution in [0, 0.1) is 0 Å². The van der Waals surface area contributed by atoms with Gasteiger partial charge in [-0.1, -0.05) is 0 Å². The Morgan fingerprint density at radius 1 is 1.50 bits per heavy atom. The molecule has 0 aromatic carbocycles. The molecule has 0 spiro atoms. The third-order valence-corrected chi connectivity index (χ3v) is 2.58. The largest absolute Gasteiger partial charge is 0.397 e. The molecule has 7 nitrogen and oxygen atoms in total. The number of nitrogen functional groups attached to an aromatic ring is 1. The zero-order valence-corrected chi connectivity index (χ0v) is 9.97. The highest BCUT2D eigenvalue weighted by molar-refractivity contribution is 5.76. The number of ether oxygens (including phenoxy) is 1. The molecular weight excluding hydrogens is 236 g/mol. The van der Waals surface area contributed by atoms with Gasteiger partial charge in [0.05, 0.1) is 17.3 Å². The topological polar surface area (TPSA) is 103 Å². The fraction of sp³-hybridized carbons (Fsp3) is 0.364. The number of hydrogen-bond acceptors (Lipinski definition) is 5. The van der Waals surface area contributed by atoms with Gasteiger partial charge in [0.1, 0.15) is 5.65 Å². The Labute approximate surface area is 102 Å². The van der Waals surface area contributed by atoms with Gasteiger partial charge in [0.2, 0.25) is 0 Å². The Morgan fingerprint density at radius 3 is 3.00 bits per heavy atom. The van der Waals surface area contributed by atoms with Crippen molar-refractivity contribution in [2.24, 2.45) is 0 Å². The summed E-state index contributed by atoms with van der Waals surface area (Å²) < 4.78 is 6.34. The zero-order valence-electron chi connectivity index (χ0n) is 9.97. The van der Waals surface area contributed by atoms with Crippen LogP contribution in [-0.4, -0.2) is 28.3 Å². The highest BCUT2D eigenvalue weighted by atomic mass is 16.5. The number of H-pyrrole nitrogens is 1. The van der Waals surface area contributed by atoms with E-state index in [-0.39, 0.29) is 0 Å². The Hall–Kier alpha value is -2.15. The molecule has 2 heterocycles. The average Bonchev–Trinajstić information content (AvgIpc) is 2.34. The minimum atomic E-state index is -0.474. The molecule has 0 aliphatic rings. The van der Waals surface area contributed by atoms with Crippen LogP contribution in [0.4, 0.5) is 5.69 Å². The number of fused-ring (bicyclic) bond motifs is 1. The molecule has 0 unspecified atom stereocenters. The third kappa shape index (κ3) is 2.25. The van der Waals surface area contributed by atoms with E-state index < -0.39 is 11.2 Å². The second kappa shape index (κ2) is 5.01. The molecule has 0 atom stereocenters. The van der Waals surface area contributed by atoms with Crippen molar-refractivity contribution in [3.63, 3.8) is 0 Å². The predicted octanol–water partition coefficient (Wildman–Crippen LogP) is -0.296. The molecule has 7 heteroatoms. The first-order chi connectivity index (χ1) is 8.63. The van der Waals surface area contributed by atoms with Gasteiger partial charge in [-0.15, -0.1) is 0 Å². The monoisotopic (exact) mass is 250 g/mol. The Balaban J connectivity index is 2.58. The van der Waals surface area contributed by atoms with Crippen LogP contribution in [0.15, 0.2) is 21.9 Å². The van der Waals surface area contributed by atoms with Crippen molar-refractivity contribution in [2.45, 2.75) is 13.0 Å². The van der Waals surface area contributed by atoms with E-state index >= 15 is 0 Å². The van der Waals surface area contributed by atoms with Crippen LogP contribution in [0.25, 0.3) is 11.0 Å². The fourth-order valence-corrected chi connectivity index (χ4v) is 1.76. The van der Waals surface area contributed by atoms with Crippen LogP contribution in [-0.2, 0) is 11.3 Å². The smallest absolute Gasteiger partial charge is 0.329 e. The maximum atomic E-state index is 11.7. The highest BCUT2D eigenvalue weighted by Crippen LogP contribution is 2.08. The van der Waals surface area contributed by atoms with Crippen molar-refractivity contribution in [1.29, 1.82) is 0 Å². The fourth-order valence-electron chi connectivity index (χ4n) is 1.76. The average molecular weight is 250 g/mol. The van der Waals surface area contributed by atoms with Crippen LogP contribution in [0.1, 0.15) is 6.42 Å². The summed E-state index contributed by atoms with van der Waals surface area (Å²) in [5, 5.41) is 0.312. The number of rotatable bonds is 4. The van der Waals surface area contributed by atoms with E-state index in [1.807, 2.05) is 0 Å². The molecule has 0 saturated carbocycles. The van der Waals surface area contributed by atoms with E-state index in [0.29, 0.717) is 36.3 Å². The van der Waals surface area contributed by atoms with E-state index in [2.05, 4.69) is 9.97 Å². The van der Waals surface area contributed by atoms with Gasteiger partial charge in [-0.3, -0.25) is 14.3 Å². The Kier molecular flexibility index (Phi) is 3.42. The third-order valence-electron chi connectivity index (χ3n) is 2.58. The van der Waals surface area contributed by atoms with E-state index in [4.69, 9.17) is 10.5 Å². The second-order valence-corrected chi connectivity index (χ2v) is 3.90. The van der Waals surface area contributed by atoms with Crippen LogP contribution in [0.2, 0.25) is 0 Å². The number of aromatic amines is 1. The van der Waals surface area contributed by atoms with Crippen molar-refractivity contribution in [1.82, 2.24) is 14.5 Å². The van der Waals surface area contributed by atoms with Crippen LogP contribution in [0.5, 0.6) is 0 Å². The number of nitrogens with two attached hydrogens (primary N) is 1. The molecule has 0 fully saturated rings. The Morgan fingerprint density at radius 2 is 2.28 bits per heavy atom. The lowest BCUT2D eigenvalue weighted by molar-refractivity contribution is 0.190. The summed E-state index contributed by atoms with van der Waals surface area (Å²) in [6, 6.07) is 1.51. The highest BCUT2D eigenvalue weighted by Gasteiger charge is 2.08. The molecule has 2 aromatic heterocycles. The summed E-state index contributed by atoms with van der Waals surface area (Å²) in [7, 11) is 1.59. The zero-order chi connectivity index (χ0) is 13.1. The maximum Gasteiger partial charge on any atom is 0.329 e. The quantitative estimate of drug-likeness (QED) is 0.725. The van der Waals surface area contributed by atoms with Crippen LogP contribution in [0.3, 0.4) is 0 Å². The van der Waals surface area contributed by atoms with E-state index in [9.17, 15) is 9.59 Å². The number of aryl methyl sites for hydroxylation is 1. The number of methoxy groups -OCH3 is 1. The lowest BCUT2D eigenvalue weighted by Gasteiger charge is -2.08. The van der Waals surface area contributed by atoms with Gasteiger partial charge in [-0.2, -0.15) is 0 Å². The first-order valence-electron chi connectivity index (χ1n) is 5.51. The van der Waals surface area contributed by atoms with Crippen molar-refractivity contribution in [3.8, 4) is 0 Å². The van der Waals surface area contributed by atoms with E-state index in [1.54, 1.807) is 7.11 Å². The number of nitrogens with zero attached hydrogens (tertiary/aromatic N) is 2. The van der Waals surface area contributed by atoms with E-state index in [1.165, 1.54) is 16.8 Å². The summed E-state index contributed by atoms with van der Waals surface area (Å²) in [6.07, 6.45) is 2.08. The predicted molar refractivity (Wildman–Crippen MR) is 67.5 cm³/mol. The maximum absolute atomic E-state index is 11.7. The molecule has 0 saturated heterocycles. The van der Waals surface area contributed by atoms with Gasteiger partial charge < -0.3 is 10.5 Å². The van der Waals surface area contributed by atoms with Crippen LogP contribution < -0.4 is 17.0 Å². The molecule has 18 heavy (non-hydrogen) atoms. The van der Waals surface area contributed by atoms with Gasteiger partial charge in [-0.05, 0) is 12.5 Å². The molecule has 0 amide bonds. The van der Waals surface area contributed by atoms with Crippen molar-refractivity contribution in [3.05, 3.63) is 33.1 Å². The number of pyridine rings is 1. The second-order valence-electron chi connectivity index (χ2n) is 3.90. The summed E-state index contributed by atoms with van der Waals surface area (Å²) in [5.41, 5.74) is 5.36. The normalized spacial score (nSPS) is 10.9. The lowest BCUT2D eigenvalue weighted by Crippen LogP contribution is -2.31. The van der Waals surface area contributed by atoms with Gasteiger partial charge in [0, 0.05) is 20.3 Å². The van der Waals surface area contributed by atoms with Gasteiger partial charge in [0.25, 0.3) is 5.56 Å². The van der Waals surface area contributed by atoms with Crippen molar-refractivity contribution in [2.75, 3.05) is 19.5 Å². The summed E-state index contributed by atoms with van der Waals surface area (Å²) in [6.45, 7) is 0.957. The first-order valence-corrected chi connectivity index (χ1v) is 5.51. The number of nitrogens with one attached hydrogen (secondary N) is 1. The standard InChI is InChI=1S/C11H14N4O3/c1-18-4-2-3-15-9-8(5-7(12)6-13-9)10(16)14-11(15)17/h5-6H,2-4,12H2,1H3,(H,14,16,17). The molecule has 3 N–H and O–H groups in total. The molecule has 0 aliphatic carbocycles. The van der Waals surface area contributed by atoms with Crippen molar-refractivity contribution >= 4 is 16.7 Å². The van der Waals surface area contributed by atoms with Gasteiger partial charge in [0.15, 0.2) is 0 Å². The molecule has 0 bridgehead atoms. The minimum absolute atomic E-state index is 0.312. The van der Waals surface area contributed by atoms with E-state index in [0.717, 1.165) is 0 Å². The van der Waals surface area contributed by atoms with Gasteiger partial charge in [-0.25, -0.2) is 9.78 Å². The SMILES string of the molecule is COCCCn1c(=O)[nH]c(=O)c2cc(N)cnc21. The molecule has 0 aliphatic heterocycles. The summed E-state index contributed by atoms with van der Waals surface area (Å²) >= 11 is 0. The van der Waals surface area contributed by atoms with Crippen LogP contribution >= 0.6 is 0 Å². The molecular formula is C11H14N4O3. The first kappa shape index (κ1) is 12.3. The number of aromatic nitrogens is 3. The molecule has 0 radical (unpaired) electrons. The molecule has 2 rings (SSSR count). The van der Waals surface area contributed by atoms with Gasteiger partial charge >= 0.3 is 5.69 Å². The molecule has 96 valence electrons. The summed E-state index contributed by atoms with van der Waals surface area (Å²) in [5.74, 6) is 0. The Bertz CT molecular complexity index is 674.